The van der Waals surface area contributed by atoms with Crippen LogP contribution in [-0.2, 0) is 14.8 Å². The first-order chi connectivity index (χ1) is 16.8. The highest BCUT2D eigenvalue weighted by Gasteiger charge is 2.60. The van der Waals surface area contributed by atoms with Crippen LogP contribution in [0.25, 0.3) is 0 Å². The van der Waals surface area contributed by atoms with Crippen molar-refractivity contribution in [3.05, 3.63) is 30.1 Å². The number of sulfonamides is 1. The molecular formula is C25H36FN3O5S. The lowest BCUT2D eigenvalue weighted by Crippen LogP contribution is -2.59. The summed E-state index contributed by atoms with van der Waals surface area (Å²) in [5.41, 5.74) is -0.806. The fraction of sp³-hybridized carbons (Fsp3) is 0.720. The molecule has 4 fully saturated rings. The number of piperazine rings is 1. The van der Waals surface area contributed by atoms with Crippen molar-refractivity contribution in [3.63, 3.8) is 0 Å². The number of hydrogen-bond donors (Lipinski definition) is 1. The highest BCUT2D eigenvalue weighted by molar-refractivity contribution is 7.89. The number of aliphatic hydroxyl groups excluding tert-OH is 1. The van der Waals surface area contributed by atoms with Crippen LogP contribution in [0.1, 0.15) is 58.3 Å². The molecule has 10 heteroatoms. The minimum absolute atomic E-state index is 0.0722. The molecule has 4 atom stereocenters. The average Bonchev–Trinajstić information content (AvgIpc) is 3.59. The molecule has 0 aromatic heterocycles. The van der Waals surface area contributed by atoms with Gasteiger partial charge in [0.25, 0.3) is 0 Å². The van der Waals surface area contributed by atoms with Crippen LogP contribution in [0.3, 0.4) is 0 Å². The highest BCUT2D eigenvalue weighted by atomic mass is 32.2. The van der Waals surface area contributed by atoms with E-state index in [-0.39, 0.29) is 35.7 Å². The molecule has 8 nitrogen and oxygen atoms in total. The molecule has 1 aliphatic carbocycles. The first kappa shape index (κ1) is 24.9. The van der Waals surface area contributed by atoms with E-state index in [1.54, 1.807) is 9.21 Å². The molecule has 3 saturated heterocycles. The third-order valence-corrected chi connectivity index (χ3v) is 10.4. The summed E-state index contributed by atoms with van der Waals surface area (Å²) >= 11 is 0. The predicted octanol–water partition coefficient (Wildman–Crippen LogP) is 2.96. The van der Waals surface area contributed by atoms with Crippen molar-refractivity contribution in [2.45, 2.75) is 93.0 Å². The average molecular weight is 510 g/mol. The summed E-state index contributed by atoms with van der Waals surface area (Å²) in [5.74, 6) is -0.480. The number of fused-ring (bicyclic) bond motifs is 2. The van der Waals surface area contributed by atoms with E-state index in [1.165, 1.54) is 24.3 Å². The van der Waals surface area contributed by atoms with Gasteiger partial charge in [-0.3, -0.25) is 4.90 Å². The lowest BCUT2D eigenvalue weighted by molar-refractivity contribution is -0.0221. The van der Waals surface area contributed by atoms with Crippen molar-refractivity contribution in [1.82, 2.24) is 14.1 Å². The van der Waals surface area contributed by atoms with Gasteiger partial charge >= 0.3 is 6.09 Å². The Hall–Kier alpha value is -1.75. The second-order valence-electron chi connectivity index (χ2n) is 10.5. The molecule has 1 aromatic rings. The minimum atomic E-state index is -3.88. The molecule has 3 heterocycles. The quantitative estimate of drug-likeness (QED) is 0.608. The zero-order chi connectivity index (χ0) is 24.8. The molecular weight excluding hydrogens is 473 g/mol. The van der Waals surface area contributed by atoms with Gasteiger partial charge in [-0.2, -0.15) is 4.31 Å². The minimum Gasteiger partial charge on any atom is -0.441 e. The number of nitrogens with zero attached hydrogens (tertiary/aromatic N) is 3. The second kappa shape index (κ2) is 9.61. The Balaban J connectivity index is 1.36. The van der Waals surface area contributed by atoms with Gasteiger partial charge < -0.3 is 14.7 Å². The number of hydrogen-bond acceptors (Lipinski definition) is 6. The summed E-state index contributed by atoms with van der Waals surface area (Å²) in [6, 6.07) is 4.84. The molecule has 3 aliphatic heterocycles. The summed E-state index contributed by atoms with van der Waals surface area (Å²) in [4.78, 5) is 17.5. The SMILES string of the molecule is CC[C@@H]1CCC[C@H](C2(OC(=O)N3CC4CCC(C3)N4CCO)CC2)N1S(=O)(=O)c1ccc(F)cc1. The molecule has 2 bridgehead atoms. The number of rotatable bonds is 7. The molecule has 35 heavy (non-hydrogen) atoms. The number of carbonyl (C=O) groups is 1. The molecule has 1 saturated carbocycles. The largest absolute Gasteiger partial charge is 0.441 e. The molecule has 4 aliphatic rings. The van der Waals surface area contributed by atoms with Crippen LogP contribution in [0, 0.1) is 5.82 Å². The van der Waals surface area contributed by atoms with Crippen LogP contribution in [0.2, 0.25) is 0 Å². The Labute approximate surface area is 207 Å². The van der Waals surface area contributed by atoms with Crippen LogP contribution in [0.15, 0.2) is 29.2 Å². The van der Waals surface area contributed by atoms with Crippen LogP contribution in [0.4, 0.5) is 9.18 Å². The fourth-order valence-electron chi connectivity index (χ4n) is 6.51. The normalized spacial score (nSPS) is 30.9. The van der Waals surface area contributed by atoms with E-state index < -0.39 is 27.5 Å². The van der Waals surface area contributed by atoms with E-state index >= 15 is 0 Å². The molecule has 0 radical (unpaired) electrons. The van der Waals surface area contributed by atoms with Gasteiger partial charge in [0.2, 0.25) is 10.0 Å². The number of piperidine rings is 1. The standard InChI is InChI=1S/C25H36FN3O5S/c1-2-19-4-3-5-23(29(19)35(32,33)22-10-6-18(26)7-11-22)25(12-13-25)34-24(31)27-16-20-8-9-21(17-27)28(20)14-15-30/h6-7,10-11,19-21,23,30H,2-5,8-9,12-17H2,1H3/t19-,20?,21?,23-/m1/s1. The summed E-state index contributed by atoms with van der Waals surface area (Å²) in [6.07, 6.45) is 5.88. The highest BCUT2D eigenvalue weighted by Crippen LogP contribution is 2.50. The number of carbonyl (C=O) groups excluding carboxylic acids is 1. The van der Waals surface area contributed by atoms with Gasteiger partial charge in [-0.15, -0.1) is 0 Å². The maximum atomic E-state index is 13.8. The van der Waals surface area contributed by atoms with Crippen molar-refractivity contribution in [3.8, 4) is 0 Å². The van der Waals surface area contributed by atoms with Crippen LogP contribution < -0.4 is 0 Å². The van der Waals surface area contributed by atoms with Crippen molar-refractivity contribution in [2.24, 2.45) is 0 Å². The summed E-state index contributed by atoms with van der Waals surface area (Å²) in [7, 11) is -3.88. The van der Waals surface area contributed by atoms with Crippen LogP contribution in [0.5, 0.6) is 0 Å². The zero-order valence-electron chi connectivity index (χ0n) is 20.3. The summed E-state index contributed by atoms with van der Waals surface area (Å²) < 4.78 is 48.8. The van der Waals surface area contributed by atoms with Crippen LogP contribution in [-0.4, -0.2) is 89.7 Å². The second-order valence-corrected chi connectivity index (χ2v) is 12.3. The molecule has 2 unspecified atom stereocenters. The van der Waals surface area contributed by atoms with Gasteiger partial charge in [0.1, 0.15) is 11.4 Å². The molecule has 5 rings (SSSR count). The van der Waals surface area contributed by atoms with E-state index in [9.17, 15) is 22.7 Å². The maximum Gasteiger partial charge on any atom is 0.410 e. The third-order valence-electron chi connectivity index (χ3n) is 8.43. The van der Waals surface area contributed by atoms with Gasteiger partial charge in [0, 0.05) is 37.8 Å². The van der Waals surface area contributed by atoms with Gasteiger partial charge in [-0.05, 0) is 69.2 Å². The topological polar surface area (TPSA) is 90.4 Å². The predicted molar refractivity (Wildman–Crippen MR) is 128 cm³/mol. The number of amides is 1. The van der Waals surface area contributed by atoms with Crippen molar-refractivity contribution in [1.29, 1.82) is 0 Å². The van der Waals surface area contributed by atoms with E-state index in [4.69, 9.17) is 4.74 Å². The lowest BCUT2D eigenvalue weighted by atomic mass is 9.92. The number of halogens is 1. The lowest BCUT2D eigenvalue weighted by Gasteiger charge is -2.45. The molecule has 194 valence electrons. The number of likely N-dealkylation sites (tertiary alicyclic amines) is 1. The molecule has 1 amide bonds. The monoisotopic (exact) mass is 509 g/mol. The van der Waals surface area contributed by atoms with Crippen molar-refractivity contribution < 1.29 is 27.4 Å². The first-order valence-corrected chi connectivity index (χ1v) is 14.4. The van der Waals surface area contributed by atoms with Crippen LogP contribution >= 0.6 is 0 Å². The Kier molecular flexibility index (Phi) is 6.84. The smallest absolute Gasteiger partial charge is 0.410 e. The maximum absolute atomic E-state index is 13.8. The summed E-state index contributed by atoms with van der Waals surface area (Å²) in [5, 5.41) is 9.37. The van der Waals surface area contributed by atoms with Gasteiger partial charge in [0.05, 0.1) is 17.5 Å². The Morgan fingerprint density at radius 3 is 2.34 bits per heavy atom. The molecule has 1 aromatic carbocycles. The van der Waals surface area contributed by atoms with Crippen molar-refractivity contribution >= 4 is 16.1 Å². The molecule has 1 N–H and O–H groups in total. The zero-order valence-corrected chi connectivity index (χ0v) is 21.1. The van der Waals surface area contributed by atoms with E-state index in [0.717, 1.165) is 25.7 Å². The van der Waals surface area contributed by atoms with E-state index in [1.807, 2.05) is 6.92 Å². The molecule has 0 spiro atoms. The summed E-state index contributed by atoms with van der Waals surface area (Å²) in [6.45, 7) is 3.86. The Morgan fingerprint density at radius 2 is 1.77 bits per heavy atom. The number of ether oxygens (including phenoxy) is 1. The third kappa shape index (κ3) is 4.58. The fourth-order valence-corrected chi connectivity index (χ4v) is 8.51. The van der Waals surface area contributed by atoms with Crippen molar-refractivity contribution in [2.75, 3.05) is 26.2 Å². The first-order valence-electron chi connectivity index (χ1n) is 12.9. The van der Waals surface area contributed by atoms with Gasteiger partial charge in [-0.1, -0.05) is 13.3 Å². The number of benzene rings is 1. The Bertz CT molecular complexity index is 1020. The number of aliphatic hydroxyl groups is 1. The van der Waals surface area contributed by atoms with E-state index in [2.05, 4.69) is 4.90 Å². The van der Waals surface area contributed by atoms with E-state index in [0.29, 0.717) is 45.3 Å². The van der Waals surface area contributed by atoms with Gasteiger partial charge in [-0.25, -0.2) is 17.6 Å². The van der Waals surface area contributed by atoms with Gasteiger partial charge in [0.15, 0.2) is 0 Å². The Morgan fingerprint density at radius 1 is 1.11 bits per heavy atom.